The van der Waals surface area contributed by atoms with Crippen LogP contribution in [0.4, 0.5) is 5.82 Å². The lowest BCUT2D eigenvalue weighted by Gasteiger charge is -2.35. The van der Waals surface area contributed by atoms with Crippen molar-refractivity contribution >= 4 is 23.4 Å². The highest BCUT2D eigenvalue weighted by molar-refractivity contribution is 5.87. The van der Waals surface area contributed by atoms with Gasteiger partial charge in [-0.15, -0.1) is 0 Å². The van der Waals surface area contributed by atoms with Gasteiger partial charge >= 0.3 is 0 Å². The van der Waals surface area contributed by atoms with Crippen LogP contribution in [0.25, 0.3) is 5.78 Å². The van der Waals surface area contributed by atoms with E-state index >= 15 is 0 Å². The number of anilines is 1. The number of piperidine rings is 1. The van der Waals surface area contributed by atoms with Gasteiger partial charge in [-0.2, -0.15) is 14.6 Å². The molecule has 9 heteroatoms. The number of carbonyl (C=O) groups excluding carboxylic acids is 2. The molecule has 1 atom stereocenters. The molecule has 1 aliphatic rings. The van der Waals surface area contributed by atoms with E-state index in [1.807, 2.05) is 60.0 Å². The van der Waals surface area contributed by atoms with Gasteiger partial charge in [-0.3, -0.25) is 9.59 Å². The fraction of sp³-hybridized carbons (Fsp3) is 0.345. The van der Waals surface area contributed by atoms with Gasteiger partial charge in [-0.05, 0) is 30.9 Å². The van der Waals surface area contributed by atoms with Gasteiger partial charge in [0.1, 0.15) is 18.2 Å². The minimum atomic E-state index is -0.608. The van der Waals surface area contributed by atoms with E-state index in [1.54, 1.807) is 6.33 Å². The lowest BCUT2D eigenvalue weighted by molar-refractivity contribution is -0.128. The van der Waals surface area contributed by atoms with Crippen LogP contribution in [0.1, 0.15) is 42.1 Å². The van der Waals surface area contributed by atoms with E-state index in [0.717, 1.165) is 55.0 Å². The summed E-state index contributed by atoms with van der Waals surface area (Å²) in [4.78, 5) is 36.3. The monoisotopic (exact) mass is 511 g/mol. The lowest BCUT2D eigenvalue weighted by Crippen LogP contribution is -2.52. The van der Waals surface area contributed by atoms with Crippen LogP contribution in [0.5, 0.6) is 0 Å². The maximum atomic E-state index is 13.2. The molecule has 2 aromatic carbocycles. The molecular weight excluding hydrogens is 478 g/mol. The Morgan fingerprint density at radius 1 is 1.00 bits per heavy atom. The number of hydrogen-bond donors (Lipinski definition) is 2. The smallest absolute Gasteiger partial charge is 0.254 e. The number of nitrogens with one attached hydrogen (secondary N) is 2. The molecule has 0 spiro atoms. The Bertz CT molecular complexity index is 1400. The van der Waals surface area contributed by atoms with E-state index < -0.39 is 6.04 Å². The highest BCUT2D eigenvalue weighted by Gasteiger charge is 2.28. The van der Waals surface area contributed by atoms with Crippen molar-refractivity contribution in [3.05, 3.63) is 89.4 Å². The number of fused-ring (bicyclic) bond motifs is 1. The third-order valence-corrected chi connectivity index (χ3v) is 7.05. The van der Waals surface area contributed by atoms with Crippen molar-refractivity contribution in [2.24, 2.45) is 0 Å². The number of hydrogen-bond acceptors (Lipinski definition) is 6. The van der Waals surface area contributed by atoms with E-state index in [2.05, 4.69) is 37.7 Å². The second-order valence-electron chi connectivity index (χ2n) is 9.85. The SMILES string of the molecule is CC(=O)NC(Cc1ccccc1)C(=O)NC1CCN(c2c(Cc3ccccc3)c(C)nc3ncnn23)CC1. The summed E-state index contributed by atoms with van der Waals surface area (Å²) in [6.07, 6.45) is 4.31. The third kappa shape index (κ3) is 5.82. The van der Waals surface area contributed by atoms with Crippen LogP contribution < -0.4 is 15.5 Å². The Morgan fingerprint density at radius 2 is 1.66 bits per heavy atom. The predicted octanol–water partition coefficient (Wildman–Crippen LogP) is 2.86. The molecule has 1 fully saturated rings. The predicted molar refractivity (Wildman–Crippen MR) is 146 cm³/mol. The Morgan fingerprint density at radius 3 is 2.32 bits per heavy atom. The van der Waals surface area contributed by atoms with E-state index in [-0.39, 0.29) is 17.9 Å². The first-order valence-electron chi connectivity index (χ1n) is 13.1. The van der Waals surface area contributed by atoms with Crippen LogP contribution in [0.3, 0.4) is 0 Å². The molecule has 0 saturated carbocycles. The molecule has 9 nitrogen and oxygen atoms in total. The Balaban J connectivity index is 1.30. The first kappa shape index (κ1) is 25.4. The molecule has 1 aliphatic heterocycles. The standard InChI is InChI=1S/C29H33N7O2/c1-20-25(17-22-9-5-3-6-10-22)28(36-29(32-20)30-19-31-36)35-15-13-24(14-16-35)34-27(38)26(33-21(2)37)18-23-11-7-4-8-12-23/h3-12,19,24,26H,13-18H2,1-2H3,(H,33,37)(H,34,38). The second kappa shape index (κ2) is 11.4. The number of aryl methyl sites for hydroxylation is 1. The van der Waals surface area contributed by atoms with Gasteiger partial charge in [0.25, 0.3) is 5.78 Å². The number of amides is 2. The van der Waals surface area contributed by atoms with Gasteiger partial charge in [-0.1, -0.05) is 60.7 Å². The molecule has 0 bridgehead atoms. The fourth-order valence-corrected chi connectivity index (χ4v) is 5.14. The molecule has 2 aromatic heterocycles. The minimum Gasteiger partial charge on any atom is -0.356 e. The van der Waals surface area contributed by atoms with Crippen molar-refractivity contribution < 1.29 is 9.59 Å². The van der Waals surface area contributed by atoms with Crippen molar-refractivity contribution in [1.82, 2.24) is 30.2 Å². The number of rotatable bonds is 8. The summed E-state index contributed by atoms with van der Waals surface area (Å²) < 4.78 is 1.83. The summed E-state index contributed by atoms with van der Waals surface area (Å²) in [5.41, 5.74) is 4.29. The maximum absolute atomic E-state index is 13.2. The topological polar surface area (TPSA) is 105 Å². The van der Waals surface area contributed by atoms with E-state index in [1.165, 1.54) is 12.5 Å². The summed E-state index contributed by atoms with van der Waals surface area (Å²) in [5, 5.41) is 10.5. The summed E-state index contributed by atoms with van der Waals surface area (Å²) in [7, 11) is 0. The van der Waals surface area contributed by atoms with Crippen LogP contribution in [-0.2, 0) is 22.4 Å². The maximum Gasteiger partial charge on any atom is 0.254 e. The van der Waals surface area contributed by atoms with Gasteiger partial charge in [0.2, 0.25) is 11.8 Å². The fourth-order valence-electron chi connectivity index (χ4n) is 5.14. The number of benzene rings is 2. The number of carbonyl (C=O) groups is 2. The molecule has 1 saturated heterocycles. The van der Waals surface area contributed by atoms with Gasteiger partial charge in [0.15, 0.2) is 0 Å². The van der Waals surface area contributed by atoms with Gasteiger partial charge < -0.3 is 15.5 Å². The summed E-state index contributed by atoms with van der Waals surface area (Å²) in [6.45, 7) is 4.99. The molecule has 38 heavy (non-hydrogen) atoms. The first-order valence-corrected chi connectivity index (χ1v) is 13.1. The molecule has 2 amide bonds. The molecule has 2 N–H and O–H groups in total. The van der Waals surface area contributed by atoms with Crippen molar-refractivity contribution in [2.75, 3.05) is 18.0 Å². The normalized spacial score (nSPS) is 14.8. The third-order valence-electron chi connectivity index (χ3n) is 7.05. The van der Waals surface area contributed by atoms with Crippen molar-refractivity contribution in [3.8, 4) is 0 Å². The Hall–Kier alpha value is -4.27. The van der Waals surface area contributed by atoms with Gasteiger partial charge in [-0.25, -0.2) is 4.98 Å². The van der Waals surface area contributed by atoms with Crippen molar-refractivity contribution in [3.63, 3.8) is 0 Å². The average Bonchev–Trinajstić information content (AvgIpc) is 3.38. The summed E-state index contributed by atoms with van der Waals surface area (Å²) in [6, 6.07) is 19.5. The Labute approximate surface area is 222 Å². The molecule has 4 aromatic rings. The van der Waals surface area contributed by atoms with E-state index in [0.29, 0.717) is 12.2 Å². The highest BCUT2D eigenvalue weighted by Crippen LogP contribution is 2.28. The van der Waals surface area contributed by atoms with Crippen molar-refractivity contribution in [2.45, 2.75) is 51.6 Å². The van der Waals surface area contributed by atoms with Gasteiger partial charge in [0, 0.05) is 50.2 Å². The van der Waals surface area contributed by atoms with Crippen LogP contribution >= 0.6 is 0 Å². The van der Waals surface area contributed by atoms with Crippen molar-refractivity contribution in [1.29, 1.82) is 0 Å². The molecule has 196 valence electrons. The summed E-state index contributed by atoms with van der Waals surface area (Å²) >= 11 is 0. The molecule has 3 heterocycles. The largest absolute Gasteiger partial charge is 0.356 e. The zero-order chi connectivity index (χ0) is 26.5. The second-order valence-corrected chi connectivity index (χ2v) is 9.85. The number of aromatic nitrogens is 4. The molecule has 1 unspecified atom stereocenters. The van der Waals surface area contributed by atoms with E-state index in [4.69, 9.17) is 4.98 Å². The number of nitrogens with zero attached hydrogens (tertiary/aromatic N) is 5. The average molecular weight is 512 g/mol. The Kier molecular flexibility index (Phi) is 7.62. The van der Waals surface area contributed by atoms with Crippen LogP contribution in [-0.4, -0.2) is 56.6 Å². The van der Waals surface area contributed by atoms with Gasteiger partial charge in [0.05, 0.1) is 0 Å². The molecule has 0 radical (unpaired) electrons. The van der Waals surface area contributed by atoms with Crippen LogP contribution in [0.15, 0.2) is 67.0 Å². The molecule has 5 rings (SSSR count). The van der Waals surface area contributed by atoms with Crippen LogP contribution in [0, 0.1) is 6.92 Å². The highest BCUT2D eigenvalue weighted by atomic mass is 16.2. The van der Waals surface area contributed by atoms with E-state index in [9.17, 15) is 9.59 Å². The first-order chi connectivity index (χ1) is 18.5. The zero-order valence-corrected chi connectivity index (χ0v) is 21.8. The quantitative estimate of drug-likeness (QED) is 0.377. The van der Waals surface area contributed by atoms with Crippen LogP contribution in [0.2, 0.25) is 0 Å². The molecular formula is C29H33N7O2. The minimum absolute atomic E-state index is 0.0255. The summed E-state index contributed by atoms with van der Waals surface area (Å²) in [5.74, 6) is 1.24. The molecule has 0 aliphatic carbocycles. The zero-order valence-electron chi connectivity index (χ0n) is 21.8. The lowest BCUT2D eigenvalue weighted by atomic mass is 10.00.